The zero-order valence-electron chi connectivity index (χ0n) is 12.9. The molecule has 114 valence electrons. The average Bonchev–Trinajstić information content (AvgIpc) is 2.49. The second-order valence-electron chi connectivity index (χ2n) is 6.34. The van der Waals surface area contributed by atoms with E-state index in [1.807, 2.05) is 18.2 Å². The van der Waals surface area contributed by atoms with Crippen molar-refractivity contribution < 1.29 is 9.53 Å². The van der Waals surface area contributed by atoms with Gasteiger partial charge >= 0.3 is 0 Å². The third-order valence-corrected chi connectivity index (χ3v) is 4.47. The van der Waals surface area contributed by atoms with E-state index in [9.17, 15) is 4.79 Å². The maximum atomic E-state index is 11.0. The average molecular weight is 286 g/mol. The van der Waals surface area contributed by atoms with Crippen molar-refractivity contribution in [1.29, 1.82) is 0 Å². The number of benzene rings is 1. The van der Waals surface area contributed by atoms with Crippen LogP contribution in [0.4, 0.5) is 0 Å². The molecule has 0 heterocycles. The SMILES string of the molecule is C=C(COCc1ccccc1)CC1(CC=O)CCCCC1. The minimum Gasteiger partial charge on any atom is -0.372 e. The van der Waals surface area contributed by atoms with Crippen LogP contribution in [0.15, 0.2) is 42.5 Å². The van der Waals surface area contributed by atoms with Gasteiger partial charge in [-0.25, -0.2) is 0 Å². The van der Waals surface area contributed by atoms with Crippen LogP contribution in [-0.4, -0.2) is 12.9 Å². The molecule has 2 rings (SSSR count). The first kappa shape index (κ1) is 16.0. The summed E-state index contributed by atoms with van der Waals surface area (Å²) in [5.74, 6) is 0. The van der Waals surface area contributed by atoms with Gasteiger partial charge in [-0.3, -0.25) is 0 Å². The molecule has 2 heteroatoms. The molecule has 1 aromatic rings. The summed E-state index contributed by atoms with van der Waals surface area (Å²) in [6.45, 7) is 5.38. The summed E-state index contributed by atoms with van der Waals surface area (Å²) < 4.78 is 5.76. The minimum absolute atomic E-state index is 0.160. The monoisotopic (exact) mass is 286 g/mol. The standard InChI is InChI=1S/C19H26O2/c1-17(15-21-16-18-8-4-2-5-9-18)14-19(12-13-20)10-6-3-7-11-19/h2,4-5,8-9,13H,1,3,6-7,10-12,14-16H2. The van der Waals surface area contributed by atoms with Crippen LogP contribution in [0, 0.1) is 5.41 Å². The highest BCUT2D eigenvalue weighted by Gasteiger charge is 2.31. The highest BCUT2D eigenvalue weighted by atomic mass is 16.5. The number of hydrogen-bond donors (Lipinski definition) is 0. The van der Waals surface area contributed by atoms with Crippen molar-refractivity contribution in [3.05, 3.63) is 48.0 Å². The Labute approximate surface area is 128 Å². The maximum absolute atomic E-state index is 11.0. The third kappa shape index (κ3) is 5.13. The van der Waals surface area contributed by atoms with Gasteiger partial charge in [-0.05, 0) is 30.2 Å². The molecular weight excluding hydrogens is 260 g/mol. The topological polar surface area (TPSA) is 26.3 Å². The summed E-state index contributed by atoms with van der Waals surface area (Å²) in [6, 6.07) is 10.2. The minimum atomic E-state index is 0.160. The third-order valence-electron chi connectivity index (χ3n) is 4.47. The lowest BCUT2D eigenvalue weighted by atomic mass is 9.69. The van der Waals surface area contributed by atoms with Crippen molar-refractivity contribution in [2.24, 2.45) is 5.41 Å². The van der Waals surface area contributed by atoms with E-state index >= 15 is 0 Å². The molecule has 0 unspecified atom stereocenters. The van der Waals surface area contributed by atoms with Gasteiger partial charge in [-0.2, -0.15) is 0 Å². The molecule has 1 aliphatic rings. The normalized spacial score (nSPS) is 17.3. The van der Waals surface area contributed by atoms with Crippen molar-refractivity contribution in [3.63, 3.8) is 0 Å². The highest BCUT2D eigenvalue weighted by Crippen LogP contribution is 2.43. The summed E-state index contributed by atoms with van der Waals surface area (Å²) in [6.07, 6.45) is 8.79. The Bertz CT molecular complexity index is 444. The molecule has 0 atom stereocenters. The summed E-state index contributed by atoms with van der Waals surface area (Å²) in [7, 11) is 0. The van der Waals surface area contributed by atoms with Crippen LogP contribution >= 0.6 is 0 Å². The van der Waals surface area contributed by atoms with Crippen LogP contribution in [-0.2, 0) is 16.1 Å². The molecule has 0 bridgehead atoms. The lowest BCUT2D eigenvalue weighted by Crippen LogP contribution is -2.26. The zero-order valence-corrected chi connectivity index (χ0v) is 12.9. The van der Waals surface area contributed by atoms with Gasteiger partial charge in [0.05, 0.1) is 13.2 Å². The quantitative estimate of drug-likeness (QED) is 0.512. The summed E-state index contributed by atoms with van der Waals surface area (Å²) >= 11 is 0. The summed E-state index contributed by atoms with van der Waals surface area (Å²) in [5.41, 5.74) is 2.47. The molecule has 0 spiro atoms. The maximum Gasteiger partial charge on any atom is 0.120 e. The fraction of sp³-hybridized carbons (Fsp3) is 0.526. The number of ether oxygens (including phenoxy) is 1. The van der Waals surface area contributed by atoms with Gasteiger partial charge < -0.3 is 9.53 Å². The van der Waals surface area contributed by atoms with E-state index in [4.69, 9.17) is 4.74 Å². The summed E-state index contributed by atoms with van der Waals surface area (Å²) in [5, 5.41) is 0. The van der Waals surface area contributed by atoms with Crippen molar-refractivity contribution in [3.8, 4) is 0 Å². The summed E-state index contributed by atoms with van der Waals surface area (Å²) in [4.78, 5) is 11.0. The Balaban J connectivity index is 1.78. The number of aldehydes is 1. The van der Waals surface area contributed by atoms with E-state index in [1.54, 1.807) is 0 Å². The van der Waals surface area contributed by atoms with Gasteiger partial charge in [-0.15, -0.1) is 0 Å². The Morgan fingerprint density at radius 1 is 1.19 bits per heavy atom. The molecule has 0 aromatic heterocycles. The highest BCUT2D eigenvalue weighted by molar-refractivity contribution is 5.51. The first-order valence-corrected chi connectivity index (χ1v) is 7.96. The molecule has 0 N–H and O–H groups in total. The molecular formula is C19H26O2. The van der Waals surface area contributed by atoms with Gasteiger partial charge in [0.15, 0.2) is 0 Å². The van der Waals surface area contributed by atoms with Gasteiger partial charge in [0.2, 0.25) is 0 Å². The van der Waals surface area contributed by atoms with E-state index in [1.165, 1.54) is 24.8 Å². The van der Waals surface area contributed by atoms with Crippen molar-refractivity contribution in [1.82, 2.24) is 0 Å². The van der Waals surface area contributed by atoms with Crippen LogP contribution in [0.25, 0.3) is 0 Å². The molecule has 1 aliphatic carbocycles. The van der Waals surface area contributed by atoms with Gasteiger partial charge in [0, 0.05) is 6.42 Å². The van der Waals surface area contributed by atoms with Gasteiger partial charge in [-0.1, -0.05) is 61.7 Å². The van der Waals surface area contributed by atoms with E-state index in [-0.39, 0.29) is 5.41 Å². The second kappa shape index (κ2) is 8.14. The molecule has 0 aliphatic heterocycles. The molecule has 1 aromatic carbocycles. The lowest BCUT2D eigenvalue weighted by Gasteiger charge is -2.36. The van der Waals surface area contributed by atoms with Crippen LogP contribution in [0.5, 0.6) is 0 Å². The molecule has 0 saturated heterocycles. The van der Waals surface area contributed by atoms with E-state index < -0.39 is 0 Å². The smallest absolute Gasteiger partial charge is 0.120 e. The predicted molar refractivity (Wildman–Crippen MR) is 86.1 cm³/mol. The molecule has 1 fully saturated rings. The second-order valence-corrected chi connectivity index (χ2v) is 6.34. The number of carbonyl (C=O) groups excluding carboxylic acids is 1. The molecule has 2 nitrogen and oxygen atoms in total. The Hall–Kier alpha value is -1.41. The fourth-order valence-corrected chi connectivity index (χ4v) is 3.40. The number of rotatable bonds is 8. The Kier molecular flexibility index (Phi) is 6.19. The fourth-order valence-electron chi connectivity index (χ4n) is 3.40. The Morgan fingerprint density at radius 3 is 2.57 bits per heavy atom. The lowest BCUT2D eigenvalue weighted by molar-refractivity contribution is -0.110. The molecule has 1 saturated carbocycles. The van der Waals surface area contributed by atoms with E-state index in [2.05, 4.69) is 18.7 Å². The first-order chi connectivity index (χ1) is 10.2. The van der Waals surface area contributed by atoms with E-state index in [0.717, 1.165) is 31.1 Å². The van der Waals surface area contributed by atoms with Gasteiger partial charge in [0.1, 0.15) is 6.29 Å². The van der Waals surface area contributed by atoms with Crippen molar-refractivity contribution in [2.75, 3.05) is 6.61 Å². The first-order valence-electron chi connectivity index (χ1n) is 7.96. The van der Waals surface area contributed by atoms with Crippen molar-refractivity contribution in [2.45, 2.75) is 51.6 Å². The van der Waals surface area contributed by atoms with Gasteiger partial charge in [0.25, 0.3) is 0 Å². The van der Waals surface area contributed by atoms with Crippen LogP contribution in [0.3, 0.4) is 0 Å². The zero-order chi connectivity index (χ0) is 15.0. The Morgan fingerprint density at radius 2 is 1.90 bits per heavy atom. The molecule has 0 amide bonds. The van der Waals surface area contributed by atoms with Crippen molar-refractivity contribution >= 4 is 6.29 Å². The van der Waals surface area contributed by atoms with Crippen LogP contribution < -0.4 is 0 Å². The van der Waals surface area contributed by atoms with Crippen LogP contribution in [0.2, 0.25) is 0 Å². The van der Waals surface area contributed by atoms with Crippen LogP contribution in [0.1, 0.15) is 50.5 Å². The molecule has 21 heavy (non-hydrogen) atoms. The number of carbonyl (C=O) groups is 1. The van der Waals surface area contributed by atoms with E-state index in [0.29, 0.717) is 19.6 Å². The predicted octanol–water partition coefficient (Wildman–Crippen LogP) is 4.69. The largest absolute Gasteiger partial charge is 0.372 e. The molecule has 0 radical (unpaired) electrons. The number of hydrogen-bond acceptors (Lipinski definition) is 2.